The summed E-state index contributed by atoms with van der Waals surface area (Å²) in [6, 6.07) is 0.151. The summed E-state index contributed by atoms with van der Waals surface area (Å²) in [5, 5.41) is 22.0. The maximum atomic E-state index is 12.6. The summed E-state index contributed by atoms with van der Waals surface area (Å²) < 4.78 is 59.8. The van der Waals surface area contributed by atoms with Gasteiger partial charge in [-0.1, -0.05) is 12.8 Å². The Balaban J connectivity index is 1.15. The average Bonchev–Trinajstić information content (AvgIpc) is 3.66. The van der Waals surface area contributed by atoms with E-state index in [0.717, 1.165) is 30.3 Å². The molecule has 2 aliphatic rings. The number of hydrogen-bond donors (Lipinski definition) is 10. The number of aliphatic hydroxyl groups excluding tert-OH is 1. The van der Waals surface area contributed by atoms with E-state index in [4.69, 9.17) is 39.2 Å². The Bertz CT molecular complexity index is 1670. The van der Waals surface area contributed by atoms with Crippen LogP contribution in [0.2, 0.25) is 0 Å². The molecule has 11 N–H and O–H groups in total. The number of aryl methyl sites for hydroxylation is 1. The highest BCUT2D eigenvalue weighted by atomic mass is 31.2. The minimum absolute atomic E-state index is 0.00646. The zero-order chi connectivity index (χ0) is 44.8. The van der Waals surface area contributed by atoms with Crippen molar-refractivity contribution in [3.8, 4) is 0 Å². The number of nitrogens with two attached hydrogens (primary N) is 1. The van der Waals surface area contributed by atoms with Gasteiger partial charge in [-0.2, -0.15) is 4.98 Å². The molecule has 0 radical (unpaired) electrons. The first-order valence-corrected chi connectivity index (χ1v) is 23.1. The number of phosphoric ester groups is 2. The molecule has 350 valence electrons. The third-order valence-electron chi connectivity index (χ3n) is 9.32. The average molecular weight is 918 g/mol. The minimum atomic E-state index is -5.24. The number of nitrogens with one attached hydrogen (secondary N) is 4. The van der Waals surface area contributed by atoms with Gasteiger partial charge in [-0.25, -0.2) is 18.7 Å². The van der Waals surface area contributed by atoms with Gasteiger partial charge in [-0.3, -0.25) is 23.2 Å². The van der Waals surface area contributed by atoms with Gasteiger partial charge in [0.25, 0.3) is 0 Å². The largest absolute Gasteiger partial charge is 0.470 e. The number of carbonyl (C=O) groups excluding carboxylic acids is 3. The summed E-state index contributed by atoms with van der Waals surface area (Å²) in [6.45, 7) is 4.67. The van der Waals surface area contributed by atoms with Gasteiger partial charge in [0.15, 0.2) is 6.23 Å². The van der Waals surface area contributed by atoms with Gasteiger partial charge in [0.05, 0.1) is 52.3 Å². The number of ether oxygens (including phenoxy) is 5. The number of unbranched alkanes of at least 4 members (excludes halogenated alkanes) is 2. The molecular formula is C34H61N7O18P2. The van der Waals surface area contributed by atoms with Crippen molar-refractivity contribution in [3.05, 3.63) is 22.2 Å². The van der Waals surface area contributed by atoms with E-state index in [1.54, 1.807) is 0 Å². The maximum Gasteiger partial charge on any atom is 0.470 e. The van der Waals surface area contributed by atoms with Crippen LogP contribution in [0.1, 0.15) is 70.1 Å². The van der Waals surface area contributed by atoms with Gasteiger partial charge in [-0.15, -0.1) is 0 Å². The number of phosphoric acid groups is 2. The molecule has 3 rings (SSSR count). The molecule has 0 spiro atoms. The van der Waals surface area contributed by atoms with Crippen LogP contribution in [-0.4, -0.2) is 155 Å². The molecule has 2 fully saturated rings. The summed E-state index contributed by atoms with van der Waals surface area (Å²) in [4.78, 5) is 88.4. The van der Waals surface area contributed by atoms with Gasteiger partial charge in [0, 0.05) is 56.9 Å². The summed E-state index contributed by atoms with van der Waals surface area (Å²) in [5.74, 6) is -0.421. The lowest BCUT2D eigenvalue weighted by Gasteiger charge is -2.21. The third-order valence-corrected chi connectivity index (χ3v) is 10.3. The fourth-order valence-corrected chi connectivity index (χ4v) is 7.17. The molecule has 25 nitrogen and oxygen atoms in total. The molecule has 61 heavy (non-hydrogen) atoms. The minimum Gasteiger partial charge on any atom is -0.386 e. The number of nitrogen functional groups attached to an aromatic ring is 1. The van der Waals surface area contributed by atoms with Crippen molar-refractivity contribution in [2.75, 3.05) is 78.3 Å². The van der Waals surface area contributed by atoms with Crippen molar-refractivity contribution in [1.82, 2.24) is 30.8 Å². The van der Waals surface area contributed by atoms with E-state index in [-0.39, 0.29) is 61.7 Å². The zero-order valence-corrected chi connectivity index (χ0v) is 35.9. The predicted octanol–water partition coefficient (Wildman–Crippen LogP) is -1.30. The van der Waals surface area contributed by atoms with Crippen LogP contribution in [-0.2, 0) is 57.9 Å². The number of nitrogens with zero attached hydrogens (tertiary/aromatic N) is 2. The van der Waals surface area contributed by atoms with E-state index in [1.807, 2.05) is 6.92 Å². The van der Waals surface area contributed by atoms with Crippen molar-refractivity contribution < 1.29 is 80.9 Å². The Kier molecular flexibility index (Phi) is 23.2. The topological polar surface area (TPSA) is 360 Å². The number of carbonyl (C=O) groups is 3. The number of urea groups is 1. The Morgan fingerprint density at radius 1 is 0.836 bits per heavy atom. The van der Waals surface area contributed by atoms with Crippen LogP contribution in [0.25, 0.3) is 0 Å². The van der Waals surface area contributed by atoms with Crippen LogP contribution in [0, 0.1) is 0 Å². The Labute approximate surface area is 352 Å². The lowest BCUT2D eigenvalue weighted by molar-refractivity contribution is -0.122. The molecule has 0 aliphatic carbocycles. The highest BCUT2D eigenvalue weighted by Gasteiger charge is 2.49. The van der Waals surface area contributed by atoms with Gasteiger partial charge < -0.3 is 75.4 Å². The maximum absolute atomic E-state index is 12.6. The van der Waals surface area contributed by atoms with Crippen LogP contribution in [0.4, 0.5) is 10.6 Å². The van der Waals surface area contributed by atoms with Crippen LogP contribution in [0.3, 0.4) is 0 Å². The molecule has 27 heteroatoms. The monoisotopic (exact) mass is 917 g/mol. The second-order valence-corrected chi connectivity index (χ2v) is 16.6. The number of amides is 4. The van der Waals surface area contributed by atoms with Crippen molar-refractivity contribution in [3.63, 3.8) is 0 Å². The predicted molar refractivity (Wildman–Crippen MR) is 213 cm³/mol. The van der Waals surface area contributed by atoms with E-state index in [9.17, 15) is 43.2 Å². The highest BCUT2D eigenvalue weighted by Crippen LogP contribution is 2.45. The molecule has 2 aliphatic heterocycles. The van der Waals surface area contributed by atoms with Crippen LogP contribution in [0.5, 0.6) is 0 Å². The van der Waals surface area contributed by atoms with E-state index in [0.29, 0.717) is 77.6 Å². The molecule has 3 heterocycles. The standard InChI is InChI=1S/C34H61N7O18P2/c1-23-25(39-33(45)38-23)8-3-2-4-9-27(42)37-12-16-56-20-18-54-14-6-13-53-17-19-55-15-10-28(43)36-11-5-7-24-21-41(34(46)40-31(24)35)32-29(44)30(59-61(50,51)52)26(58-32)22-57-60(47,48)49/h21,23,25-26,29-30,32,44H,2-20,22H2,1H3,(H,36,43)(H,37,42)(H2,35,40,46)(H2,38,39,45)(H2,47,48,49)(H2,50,51,52)/t23-,25+,26+,29?,30?,32+/m0/s1. The van der Waals surface area contributed by atoms with Gasteiger partial charge in [0.2, 0.25) is 11.8 Å². The van der Waals surface area contributed by atoms with Crippen LogP contribution >= 0.6 is 15.6 Å². The van der Waals surface area contributed by atoms with E-state index in [1.165, 1.54) is 6.20 Å². The third kappa shape index (κ3) is 21.2. The van der Waals surface area contributed by atoms with Gasteiger partial charge in [0.1, 0.15) is 24.1 Å². The van der Waals surface area contributed by atoms with Crippen LogP contribution in [0.15, 0.2) is 11.0 Å². The number of anilines is 1. The smallest absolute Gasteiger partial charge is 0.386 e. The molecule has 1 aromatic rings. The molecule has 0 saturated carbocycles. The number of aliphatic hydroxyl groups is 1. The second-order valence-electron chi connectivity index (χ2n) is 14.2. The normalized spacial score (nSPS) is 21.6. The van der Waals surface area contributed by atoms with E-state index >= 15 is 0 Å². The number of hydrogen-bond acceptors (Lipinski definition) is 16. The summed E-state index contributed by atoms with van der Waals surface area (Å²) >= 11 is 0. The zero-order valence-electron chi connectivity index (χ0n) is 34.1. The molecule has 0 bridgehead atoms. The molecule has 1 aromatic heterocycles. The molecule has 4 amide bonds. The van der Waals surface area contributed by atoms with Gasteiger partial charge >= 0.3 is 27.4 Å². The highest BCUT2D eigenvalue weighted by molar-refractivity contribution is 7.46. The fraction of sp³-hybridized carbons (Fsp3) is 0.794. The Morgan fingerprint density at radius 3 is 2.11 bits per heavy atom. The van der Waals surface area contributed by atoms with Crippen molar-refractivity contribution in [2.24, 2.45) is 0 Å². The number of aromatic nitrogens is 2. The van der Waals surface area contributed by atoms with E-state index < -0.39 is 52.5 Å². The number of rotatable bonds is 32. The van der Waals surface area contributed by atoms with E-state index in [2.05, 4.69) is 35.3 Å². The van der Waals surface area contributed by atoms with Crippen molar-refractivity contribution in [2.45, 2.75) is 101 Å². The van der Waals surface area contributed by atoms with Crippen molar-refractivity contribution >= 4 is 39.3 Å². The molecule has 2 unspecified atom stereocenters. The first kappa shape index (κ1) is 52.2. The van der Waals surface area contributed by atoms with Gasteiger partial charge in [-0.05, 0) is 39.0 Å². The SMILES string of the molecule is C[C@@H]1NC(=O)N[C@@H]1CCCCCC(=O)NCCOCCOCCCOCCOCCC(=O)NCCCc1cn([C@@H]2O[C@H](COP(=O)(O)O)C(OP(=O)(O)O)C2O)c(=O)nc1N. The quantitative estimate of drug-likeness (QED) is 0.0297. The first-order chi connectivity index (χ1) is 28.9. The lowest BCUT2D eigenvalue weighted by Crippen LogP contribution is -2.38. The molecule has 6 atom stereocenters. The second kappa shape index (κ2) is 27.1. The Hall–Kier alpha value is -3.13. The Morgan fingerprint density at radius 2 is 1.48 bits per heavy atom. The first-order valence-electron chi connectivity index (χ1n) is 20.0. The van der Waals surface area contributed by atoms with Crippen molar-refractivity contribution in [1.29, 1.82) is 0 Å². The van der Waals surface area contributed by atoms with Crippen LogP contribution < -0.4 is 32.7 Å². The molecule has 2 saturated heterocycles. The summed E-state index contributed by atoms with van der Waals surface area (Å²) in [6.07, 6.45) is -0.458. The summed E-state index contributed by atoms with van der Waals surface area (Å²) in [5.41, 5.74) is 5.21. The summed E-state index contributed by atoms with van der Waals surface area (Å²) in [7, 11) is -10.3. The molecular weight excluding hydrogens is 856 g/mol. The molecule has 0 aromatic carbocycles. The lowest BCUT2D eigenvalue weighted by atomic mass is 10.0. The fourth-order valence-electron chi connectivity index (χ4n) is 6.25.